The van der Waals surface area contributed by atoms with Crippen LogP contribution in [0.2, 0.25) is 0 Å². The minimum Gasteiger partial charge on any atom is -0.461 e. The molecule has 2 aromatic rings. The van der Waals surface area contributed by atoms with Crippen molar-refractivity contribution in [3.05, 3.63) is 69.8 Å². The maximum Gasteiger partial charge on any atom is 0.303 e. The Morgan fingerprint density at radius 1 is 0.914 bits per heavy atom. The molecule has 11 heteroatoms. The van der Waals surface area contributed by atoms with Crippen LogP contribution in [0.4, 0.5) is 5.69 Å². The first-order valence-corrected chi connectivity index (χ1v) is 10.7. The van der Waals surface area contributed by atoms with Crippen molar-refractivity contribution < 1.29 is 43.0 Å². The second kappa shape index (κ2) is 11.4. The van der Waals surface area contributed by atoms with E-state index in [2.05, 4.69) is 0 Å². The van der Waals surface area contributed by atoms with Gasteiger partial charge in [0.15, 0.2) is 12.2 Å². The smallest absolute Gasteiger partial charge is 0.303 e. The van der Waals surface area contributed by atoms with E-state index in [9.17, 15) is 24.5 Å². The zero-order valence-electron chi connectivity index (χ0n) is 19.4. The average molecular weight is 487 g/mol. The van der Waals surface area contributed by atoms with Crippen molar-refractivity contribution >= 4 is 23.6 Å². The quantitative estimate of drug-likeness (QED) is 0.236. The first kappa shape index (κ1) is 25.6. The molecule has 2 aromatic carbocycles. The second-order valence-corrected chi connectivity index (χ2v) is 7.86. The summed E-state index contributed by atoms with van der Waals surface area (Å²) >= 11 is 0. The predicted octanol–water partition coefficient (Wildman–Crippen LogP) is 2.72. The van der Waals surface area contributed by atoms with Crippen LogP contribution >= 0.6 is 0 Å². The third-order valence-electron chi connectivity index (χ3n) is 5.01. The highest BCUT2D eigenvalue weighted by molar-refractivity contribution is 5.68. The van der Waals surface area contributed by atoms with E-state index in [4.69, 9.17) is 23.7 Å². The molecule has 0 unspecified atom stereocenters. The molecule has 1 aliphatic rings. The number of rotatable bonds is 8. The standard InChI is InChI=1S/C24H25NO10/c1-14(26)32-21-13-31-24(23(34-16(3)28)22(21)33-15(2)27)35-20-9-7-17(8-10-20)11-18-5-4-6-19(12-18)25(29)30/h4-10,12,21-24H,11,13H2,1-3H3/t21-,22+,23-,24-/m1/s1. The van der Waals surface area contributed by atoms with Crippen LogP contribution in [0.3, 0.4) is 0 Å². The van der Waals surface area contributed by atoms with Crippen LogP contribution in [0.15, 0.2) is 48.5 Å². The number of esters is 3. The van der Waals surface area contributed by atoms with Gasteiger partial charge in [-0.25, -0.2) is 0 Å². The average Bonchev–Trinajstić information content (AvgIpc) is 2.78. The summed E-state index contributed by atoms with van der Waals surface area (Å²) in [5, 5.41) is 11.0. The van der Waals surface area contributed by atoms with Crippen molar-refractivity contribution in [1.82, 2.24) is 0 Å². The topological polar surface area (TPSA) is 140 Å². The number of non-ortho nitro benzene ring substituents is 1. The summed E-state index contributed by atoms with van der Waals surface area (Å²) in [7, 11) is 0. The van der Waals surface area contributed by atoms with Crippen molar-refractivity contribution in [1.29, 1.82) is 0 Å². The Hall–Kier alpha value is -3.99. The monoisotopic (exact) mass is 487 g/mol. The number of nitrogens with zero attached hydrogens (tertiary/aromatic N) is 1. The highest BCUT2D eigenvalue weighted by Crippen LogP contribution is 2.27. The van der Waals surface area contributed by atoms with Crippen LogP contribution in [0.1, 0.15) is 31.9 Å². The number of benzene rings is 2. The van der Waals surface area contributed by atoms with Crippen LogP contribution in [0.25, 0.3) is 0 Å². The Balaban J connectivity index is 1.75. The third kappa shape index (κ3) is 7.24. The lowest BCUT2D eigenvalue weighted by molar-refractivity contribution is -0.384. The van der Waals surface area contributed by atoms with Gasteiger partial charge < -0.3 is 23.7 Å². The van der Waals surface area contributed by atoms with Crippen molar-refractivity contribution in [3.8, 4) is 5.75 Å². The van der Waals surface area contributed by atoms with Crippen LogP contribution in [0.5, 0.6) is 5.75 Å². The zero-order chi connectivity index (χ0) is 25.5. The molecule has 186 valence electrons. The lowest BCUT2D eigenvalue weighted by atomic mass is 10.0. The number of hydrogen-bond donors (Lipinski definition) is 0. The van der Waals surface area contributed by atoms with Gasteiger partial charge in [-0.15, -0.1) is 0 Å². The normalized spacial score (nSPS) is 21.5. The number of hydrogen-bond acceptors (Lipinski definition) is 10. The third-order valence-corrected chi connectivity index (χ3v) is 5.01. The fourth-order valence-electron chi connectivity index (χ4n) is 3.65. The van der Waals surface area contributed by atoms with Gasteiger partial charge in [0.2, 0.25) is 12.4 Å². The molecule has 0 aromatic heterocycles. The molecule has 0 radical (unpaired) electrons. The molecule has 0 bridgehead atoms. The van der Waals surface area contributed by atoms with Crippen LogP contribution in [-0.2, 0) is 39.8 Å². The van der Waals surface area contributed by atoms with Crippen molar-refractivity contribution in [2.75, 3.05) is 6.61 Å². The summed E-state index contributed by atoms with van der Waals surface area (Å²) in [5.74, 6) is -1.56. The van der Waals surface area contributed by atoms with Gasteiger partial charge >= 0.3 is 17.9 Å². The van der Waals surface area contributed by atoms with Crippen LogP contribution in [0, 0.1) is 10.1 Å². The minimum atomic E-state index is -1.20. The van der Waals surface area contributed by atoms with Gasteiger partial charge in [0, 0.05) is 32.9 Å². The highest BCUT2D eigenvalue weighted by Gasteiger charge is 2.48. The Morgan fingerprint density at radius 2 is 1.54 bits per heavy atom. The predicted molar refractivity (Wildman–Crippen MR) is 119 cm³/mol. The van der Waals surface area contributed by atoms with E-state index >= 15 is 0 Å². The van der Waals surface area contributed by atoms with Crippen LogP contribution in [-0.4, -0.2) is 54.0 Å². The van der Waals surface area contributed by atoms with Crippen molar-refractivity contribution in [2.24, 2.45) is 0 Å². The van der Waals surface area contributed by atoms with Gasteiger partial charge in [-0.05, 0) is 29.7 Å². The Kier molecular flexibility index (Phi) is 8.37. The van der Waals surface area contributed by atoms with Gasteiger partial charge in [-0.2, -0.15) is 0 Å². The summed E-state index contributed by atoms with van der Waals surface area (Å²) in [6.45, 7) is 3.41. The lowest BCUT2D eigenvalue weighted by Gasteiger charge is -2.40. The molecule has 3 rings (SSSR count). The second-order valence-electron chi connectivity index (χ2n) is 7.86. The molecule has 0 spiro atoms. The summed E-state index contributed by atoms with van der Waals surface area (Å²) in [6, 6.07) is 13.3. The van der Waals surface area contributed by atoms with Gasteiger partial charge in [0.1, 0.15) is 5.75 Å². The van der Waals surface area contributed by atoms with Gasteiger partial charge in [0.25, 0.3) is 5.69 Å². The van der Waals surface area contributed by atoms with Crippen molar-refractivity contribution in [2.45, 2.75) is 51.8 Å². The van der Waals surface area contributed by atoms with E-state index in [0.717, 1.165) is 11.1 Å². The first-order valence-electron chi connectivity index (χ1n) is 10.7. The SMILES string of the molecule is CC(=O)O[C@@H]1[C@@H](OC(C)=O)[C@@H](Oc2ccc(Cc3cccc([N+](=O)[O-])c3)cc2)OC[C@H]1OC(C)=O. The molecule has 0 aliphatic carbocycles. The number of nitro groups is 1. The van der Waals surface area contributed by atoms with E-state index in [0.29, 0.717) is 12.2 Å². The molecular formula is C24H25NO10. The number of carbonyl (C=O) groups excluding carboxylic acids is 3. The summed E-state index contributed by atoms with van der Waals surface area (Å²) in [4.78, 5) is 45.4. The van der Waals surface area contributed by atoms with Crippen LogP contribution < -0.4 is 4.74 Å². The van der Waals surface area contributed by atoms with Gasteiger partial charge in [-0.1, -0.05) is 24.3 Å². The summed E-state index contributed by atoms with van der Waals surface area (Å²) in [5.41, 5.74) is 1.67. The maximum absolute atomic E-state index is 11.7. The fourth-order valence-corrected chi connectivity index (χ4v) is 3.65. The molecule has 1 aliphatic heterocycles. The molecule has 35 heavy (non-hydrogen) atoms. The molecule has 1 heterocycles. The van der Waals surface area contributed by atoms with Crippen molar-refractivity contribution in [3.63, 3.8) is 0 Å². The van der Waals surface area contributed by atoms with E-state index < -0.39 is 47.4 Å². The Labute approximate surface area is 201 Å². The Bertz CT molecular complexity index is 1080. The molecule has 1 saturated heterocycles. The summed E-state index contributed by atoms with van der Waals surface area (Å²) < 4.78 is 27.3. The van der Waals surface area contributed by atoms with E-state index in [1.54, 1.807) is 36.4 Å². The summed E-state index contributed by atoms with van der Waals surface area (Å²) in [6.07, 6.45) is -3.99. The molecular weight excluding hydrogens is 462 g/mol. The highest BCUT2D eigenvalue weighted by atomic mass is 16.7. The molecule has 0 saturated carbocycles. The van der Waals surface area contributed by atoms with Gasteiger partial charge in [0.05, 0.1) is 11.5 Å². The minimum absolute atomic E-state index is 0.0165. The zero-order valence-corrected chi connectivity index (χ0v) is 19.4. The Morgan fingerprint density at radius 3 is 2.14 bits per heavy atom. The molecule has 0 amide bonds. The van der Waals surface area contributed by atoms with E-state index in [-0.39, 0.29) is 12.3 Å². The number of carbonyl (C=O) groups is 3. The fraction of sp³-hybridized carbons (Fsp3) is 0.375. The van der Waals surface area contributed by atoms with Gasteiger partial charge in [-0.3, -0.25) is 24.5 Å². The number of nitro benzene ring substituents is 1. The number of ether oxygens (including phenoxy) is 5. The lowest BCUT2D eigenvalue weighted by Crippen LogP contribution is -2.59. The molecule has 4 atom stereocenters. The maximum atomic E-state index is 11.7. The molecule has 0 N–H and O–H groups in total. The molecule has 11 nitrogen and oxygen atoms in total. The van der Waals surface area contributed by atoms with E-state index in [1.165, 1.54) is 32.9 Å². The largest absolute Gasteiger partial charge is 0.461 e. The van der Waals surface area contributed by atoms with E-state index in [1.807, 2.05) is 0 Å². The first-order chi connectivity index (χ1) is 16.6. The molecule has 1 fully saturated rings.